The second kappa shape index (κ2) is 7.95. The van der Waals surface area contributed by atoms with E-state index in [9.17, 15) is 4.79 Å². The molecule has 0 amide bonds. The molecule has 1 spiro atoms. The molecule has 0 heterocycles. The molecule has 2 saturated carbocycles. The van der Waals surface area contributed by atoms with Crippen molar-refractivity contribution in [3.63, 3.8) is 0 Å². The van der Waals surface area contributed by atoms with Gasteiger partial charge in [0.1, 0.15) is 5.75 Å². The van der Waals surface area contributed by atoms with Crippen LogP contribution in [0.15, 0.2) is 24.3 Å². The van der Waals surface area contributed by atoms with E-state index in [1.54, 1.807) is 0 Å². The molecule has 0 unspecified atom stereocenters. The summed E-state index contributed by atoms with van der Waals surface area (Å²) >= 11 is 0. The van der Waals surface area contributed by atoms with Crippen LogP contribution < -0.4 is 4.74 Å². The second-order valence-electron chi connectivity index (χ2n) is 7.85. The van der Waals surface area contributed by atoms with Crippen molar-refractivity contribution < 1.29 is 14.6 Å². The summed E-state index contributed by atoms with van der Waals surface area (Å²) in [5.41, 5.74) is 1.53. The fourth-order valence-electron chi connectivity index (χ4n) is 4.54. The first-order valence-electron chi connectivity index (χ1n) is 9.51. The van der Waals surface area contributed by atoms with E-state index >= 15 is 0 Å². The maximum atomic E-state index is 10.9. The Morgan fingerprint density at radius 1 is 1.20 bits per heavy atom. The molecule has 25 heavy (non-hydrogen) atoms. The van der Waals surface area contributed by atoms with Crippen molar-refractivity contribution in [1.82, 2.24) is 0 Å². The number of hydrogen-bond acceptors (Lipinski definition) is 2. The lowest BCUT2D eigenvalue weighted by Crippen LogP contribution is -2.27. The number of benzene rings is 1. The molecule has 134 valence electrons. The van der Waals surface area contributed by atoms with Crippen LogP contribution in [-0.2, 0) is 4.79 Å². The van der Waals surface area contributed by atoms with Crippen molar-refractivity contribution in [3.05, 3.63) is 29.8 Å². The molecule has 2 fully saturated rings. The predicted molar refractivity (Wildman–Crippen MR) is 98.6 cm³/mol. The Morgan fingerprint density at radius 3 is 2.40 bits per heavy atom. The minimum Gasteiger partial charge on any atom is -0.493 e. The third-order valence-corrected chi connectivity index (χ3v) is 6.18. The third-order valence-electron chi connectivity index (χ3n) is 6.18. The van der Waals surface area contributed by atoms with Crippen LogP contribution in [-0.4, -0.2) is 17.7 Å². The summed E-state index contributed by atoms with van der Waals surface area (Å²) in [6.45, 7) is 0.781. The smallest absolute Gasteiger partial charge is 0.304 e. The highest BCUT2D eigenvalue weighted by Crippen LogP contribution is 2.50. The molecule has 1 atom stereocenters. The number of ether oxygens (including phenoxy) is 1. The minimum absolute atomic E-state index is 0.0411. The van der Waals surface area contributed by atoms with Gasteiger partial charge < -0.3 is 9.84 Å². The van der Waals surface area contributed by atoms with Gasteiger partial charge in [-0.3, -0.25) is 4.79 Å². The molecule has 2 aliphatic carbocycles. The van der Waals surface area contributed by atoms with Gasteiger partial charge in [-0.05, 0) is 67.6 Å². The van der Waals surface area contributed by atoms with Crippen molar-refractivity contribution >= 4 is 5.97 Å². The molecule has 1 N–H and O–H groups in total. The van der Waals surface area contributed by atoms with Gasteiger partial charge in [0.25, 0.3) is 0 Å². The van der Waals surface area contributed by atoms with E-state index < -0.39 is 5.97 Å². The van der Waals surface area contributed by atoms with E-state index in [0.717, 1.165) is 17.9 Å². The number of aliphatic carboxylic acids is 1. The largest absolute Gasteiger partial charge is 0.493 e. The van der Waals surface area contributed by atoms with E-state index in [1.807, 2.05) is 24.3 Å². The zero-order valence-electron chi connectivity index (χ0n) is 14.9. The van der Waals surface area contributed by atoms with E-state index in [0.29, 0.717) is 11.3 Å². The van der Waals surface area contributed by atoms with Crippen molar-refractivity contribution in [2.75, 3.05) is 6.61 Å². The monoisotopic (exact) mass is 340 g/mol. The van der Waals surface area contributed by atoms with Gasteiger partial charge >= 0.3 is 5.97 Å². The Bertz CT molecular complexity index is 610. The van der Waals surface area contributed by atoms with Gasteiger partial charge in [0.2, 0.25) is 0 Å². The van der Waals surface area contributed by atoms with Crippen molar-refractivity contribution in [2.45, 2.75) is 63.7 Å². The number of hydrogen-bond donors (Lipinski definition) is 1. The molecule has 0 radical (unpaired) electrons. The average Bonchev–Trinajstić information content (AvgIpc) is 3.08. The standard InChI is InChI=1S/C22H28O3/c1-2-18(15-21(23)24)19-5-7-20(8-6-19)25-16-17-9-13-22(14-10-17)11-3-4-12-22/h1,5-8,17-18H,3-4,9-16H2,(H,23,24)/t18-/m0/s1. The summed E-state index contributed by atoms with van der Waals surface area (Å²) in [7, 11) is 0. The maximum absolute atomic E-state index is 10.9. The SMILES string of the molecule is C#C[C@@H](CC(=O)O)c1ccc(OCC2CCC3(CCCC3)CC2)cc1. The Labute approximate surface area is 150 Å². The molecule has 3 rings (SSSR count). The Kier molecular flexibility index (Phi) is 5.68. The van der Waals surface area contributed by atoms with Crippen LogP contribution in [0.4, 0.5) is 0 Å². The van der Waals surface area contributed by atoms with Crippen LogP contribution in [0.5, 0.6) is 5.75 Å². The minimum atomic E-state index is -0.874. The fraction of sp³-hybridized carbons (Fsp3) is 0.591. The lowest BCUT2D eigenvalue weighted by molar-refractivity contribution is -0.137. The second-order valence-corrected chi connectivity index (χ2v) is 7.85. The Balaban J connectivity index is 1.47. The van der Waals surface area contributed by atoms with Crippen molar-refractivity contribution in [1.29, 1.82) is 0 Å². The Hall–Kier alpha value is -1.95. The summed E-state index contributed by atoms with van der Waals surface area (Å²) < 4.78 is 5.98. The normalized spacial score (nSPS) is 20.9. The highest BCUT2D eigenvalue weighted by Gasteiger charge is 2.37. The van der Waals surface area contributed by atoms with Crippen LogP contribution in [0.3, 0.4) is 0 Å². The third kappa shape index (κ3) is 4.57. The van der Waals surface area contributed by atoms with E-state index in [1.165, 1.54) is 51.4 Å². The van der Waals surface area contributed by atoms with E-state index in [2.05, 4.69) is 5.92 Å². The van der Waals surface area contributed by atoms with Gasteiger partial charge in [-0.2, -0.15) is 0 Å². The molecule has 0 aliphatic heterocycles. The molecule has 0 bridgehead atoms. The van der Waals surface area contributed by atoms with Gasteiger partial charge in [0.05, 0.1) is 18.9 Å². The molecule has 0 saturated heterocycles. The zero-order chi connectivity index (χ0) is 17.7. The van der Waals surface area contributed by atoms with Crippen molar-refractivity contribution in [2.24, 2.45) is 11.3 Å². The Morgan fingerprint density at radius 2 is 1.84 bits per heavy atom. The molecule has 3 nitrogen and oxygen atoms in total. The lowest BCUT2D eigenvalue weighted by Gasteiger charge is -2.37. The molecule has 2 aliphatic rings. The highest BCUT2D eigenvalue weighted by atomic mass is 16.5. The summed E-state index contributed by atoms with van der Waals surface area (Å²) in [5.74, 6) is 2.81. The fourth-order valence-corrected chi connectivity index (χ4v) is 4.54. The van der Waals surface area contributed by atoms with Gasteiger partial charge in [-0.25, -0.2) is 0 Å². The molecular weight excluding hydrogens is 312 g/mol. The zero-order valence-corrected chi connectivity index (χ0v) is 14.9. The van der Waals surface area contributed by atoms with Gasteiger partial charge in [-0.1, -0.05) is 30.9 Å². The predicted octanol–water partition coefficient (Wildman–Crippen LogP) is 5.01. The topological polar surface area (TPSA) is 46.5 Å². The van der Waals surface area contributed by atoms with Crippen LogP contribution in [0.2, 0.25) is 0 Å². The van der Waals surface area contributed by atoms with Gasteiger partial charge in [-0.15, -0.1) is 6.42 Å². The lowest BCUT2D eigenvalue weighted by atomic mass is 9.69. The van der Waals surface area contributed by atoms with E-state index in [4.69, 9.17) is 16.3 Å². The maximum Gasteiger partial charge on any atom is 0.304 e. The first-order valence-corrected chi connectivity index (χ1v) is 9.51. The van der Waals surface area contributed by atoms with Crippen LogP contribution in [0.1, 0.15) is 69.3 Å². The molecule has 1 aromatic carbocycles. The number of carbonyl (C=O) groups is 1. The van der Waals surface area contributed by atoms with E-state index in [-0.39, 0.29) is 12.3 Å². The van der Waals surface area contributed by atoms with Gasteiger partial charge in [0.15, 0.2) is 0 Å². The average molecular weight is 340 g/mol. The molecule has 3 heteroatoms. The molecular formula is C22H28O3. The summed E-state index contributed by atoms with van der Waals surface area (Å²) in [6.07, 6.45) is 16.5. The summed E-state index contributed by atoms with van der Waals surface area (Å²) in [5, 5.41) is 8.92. The van der Waals surface area contributed by atoms with Gasteiger partial charge in [0, 0.05) is 0 Å². The summed E-state index contributed by atoms with van der Waals surface area (Å²) in [6, 6.07) is 7.58. The number of terminal acetylenes is 1. The van der Waals surface area contributed by atoms with Crippen LogP contribution >= 0.6 is 0 Å². The first kappa shape index (κ1) is 17.9. The quantitative estimate of drug-likeness (QED) is 0.741. The number of carboxylic acid groups (broad SMARTS) is 1. The first-order chi connectivity index (χ1) is 12.1. The van der Waals surface area contributed by atoms with Crippen LogP contribution in [0, 0.1) is 23.7 Å². The van der Waals surface area contributed by atoms with Crippen molar-refractivity contribution in [3.8, 4) is 18.1 Å². The summed E-state index contributed by atoms with van der Waals surface area (Å²) in [4.78, 5) is 10.9. The highest BCUT2D eigenvalue weighted by molar-refractivity contribution is 5.68. The number of carboxylic acids is 1. The van der Waals surface area contributed by atoms with Crippen LogP contribution in [0.25, 0.3) is 0 Å². The number of rotatable bonds is 6. The molecule has 0 aromatic heterocycles. The molecule has 1 aromatic rings.